The van der Waals surface area contributed by atoms with Crippen molar-refractivity contribution < 1.29 is 5.11 Å². The van der Waals surface area contributed by atoms with E-state index in [1.807, 2.05) is 37.4 Å². The zero-order chi connectivity index (χ0) is 16.4. The van der Waals surface area contributed by atoms with Gasteiger partial charge in [-0.2, -0.15) is 9.78 Å². The Bertz CT molecular complexity index is 870. The molecule has 1 aromatic heterocycles. The van der Waals surface area contributed by atoms with Gasteiger partial charge in [-0.1, -0.05) is 46.7 Å². The van der Waals surface area contributed by atoms with Crippen molar-refractivity contribution in [1.82, 2.24) is 14.9 Å². The van der Waals surface area contributed by atoms with Crippen LogP contribution in [0.1, 0.15) is 18.3 Å². The summed E-state index contributed by atoms with van der Waals surface area (Å²) in [6, 6.07) is 9.48. The molecule has 0 saturated carbocycles. The van der Waals surface area contributed by atoms with Crippen LogP contribution in [-0.4, -0.2) is 32.5 Å². The SMILES string of the molecule is CCc1nnc(SC)n1/N=C\c1c(O)ccc2cc(Br)ccc12. The molecular formula is C16H15BrN4OS. The number of aryl methyl sites for hydroxylation is 1. The predicted molar refractivity (Wildman–Crippen MR) is 97.5 cm³/mol. The second-order valence-corrected chi connectivity index (χ2v) is 6.57. The molecular weight excluding hydrogens is 376 g/mol. The molecule has 1 heterocycles. The molecule has 0 atom stereocenters. The second-order valence-electron chi connectivity index (χ2n) is 4.88. The number of halogens is 1. The van der Waals surface area contributed by atoms with Gasteiger partial charge in [-0.15, -0.1) is 10.2 Å². The molecule has 0 unspecified atom stereocenters. The Morgan fingerprint density at radius 1 is 1.30 bits per heavy atom. The number of nitrogens with zero attached hydrogens (tertiary/aromatic N) is 4. The number of hydrogen-bond acceptors (Lipinski definition) is 5. The van der Waals surface area contributed by atoms with Crippen LogP contribution < -0.4 is 0 Å². The van der Waals surface area contributed by atoms with Crippen LogP contribution in [-0.2, 0) is 6.42 Å². The largest absolute Gasteiger partial charge is 0.507 e. The highest BCUT2D eigenvalue weighted by molar-refractivity contribution is 9.10. The molecule has 2 aromatic carbocycles. The predicted octanol–water partition coefficient (Wildman–Crippen LogP) is 4.07. The lowest BCUT2D eigenvalue weighted by molar-refractivity contribution is 0.475. The number of benzene rings is 2. The maximum absolute atomic E-state index is 10.2. The summed E-state index contributed by atoms with van der Waals surface area (Å²) in [5, 5.41) is 25.6. The highest BCUT2D eigenvalue weighted by Crippen LogP contribution is 2.28. The molecule has 0 amide bonds. The summed E-state index contributed by atoms with van der Waals surface area (Å²) in [6.45, 7) is 2.01. The zero-order valence-electron chi connectivity index (χ0n) is 12.7. The molecule has 0 aliphatic rings. The van der Waals surface area contributed by atoms with Crippen molar-refractivity contribution in [2.75, 3.05) is 6.26 Å². The molecule has 0 fully saturated rings. The van der Waals surface area contributed by atoms with E-state index >= 15 is 0 Å². The lowest BCUT2D eigenvalue weighted by Crippen LogP contribution is -1.99. The summed E-state index contributed by atoms with van der Waals surface area (Å²) >= 11 is 4.95. The fourth-order valence-electron chi connectivity index (χ4n) is 2.32. The molecule has 0 saturated heterocycles. The molecule has 1 N–H and O–H groups in total. The summed E-state index contributed by atoms with van der Waals surface area (Å²) in [7, 11) is 0. The summed E-state index contributed by atoms with van der Waals surface area (Å²) in [5.74, 6) is 0.980. The standard InChI is InChI=1S/C16H15BrN4OS/c1-3-15-19-20-16(23-2)21(15)18-9-13-12-6-5-11(17)8-10(12)4-7-14(13)22/h4-9,22H,3H2,1-2H3/b18-9-. The van der Waals surface area contributed by atoms with E-state index in [2.05, 4.69) is 31.2 Å². The minimum atomic E-state index is 0.195. The summed E-state index contributed by atoms with van der Waals surface area (Å²) in [4.78, 5) is 0. The highest BCUT2D eigenvalue weighted by Gasteiger charge is 2.10. The third-order valence-electron chi connectivity index (χ3n) is 3.48. The molecule has 7 heteroatoms. The van der Waals surface area contributed by atoms with Crippen molar-refractivity contribution in [3.05, 3.63) is 46.2 Å². The first kappa shape index (κ1) is 16.0. The van der Waals surface area contributed by atoms with Crippen LogP contribution in [0.5, 0.6) is 5.75 Å². The first-order valence-electron chi connectivity index (χ1n) is 7.08. The van der Waals surface area contributed by atoms with Gasteiger partial charge in [0.05, 0.1) is 6.21 Å². The number of aromatic nitrogens is 3. The van der Waals surface area contributed by atoms with Gasteiger partial charge in [0.25, 0.3) is 0 Å². The van der Waals surface area contributed by atoms with E-state index in [1.54, 1.807) is 17.0 Å². The number of fused-ring (bicyclic) bond motifs is 1. The van der Waals surface area contributed by atoms with Crippen molar-refractivity contribution in [1.29, 1.82) is 0 Å². The Hall–Kier alpha value is -1.86. The van der Waals surface area contributed by atoms with Crippen LogP contribution in [0, 0.1) is 0 Å². The van der Waals surface area contributed by atoms with E-state index in [0.717, 1.165) is 32.6 Å². The molecule has 3 aromatic rings. The van der Waals surface area contributed by atoms with Gasteiger partial charge >= 0.3 is 0 Å². The summed E-state index contributed by atoms with van der Waals surface area (Å²) in [6.07, 6.45) is 4.33. The third-order valence-corrected chi connectivity index (χ3v) is 4.59. The number of rotatable bonds is 4. The molecule has 0 spiro atoms. The highest BCUT2D eigenvalue weighted by atomic mass is 79.9. The van der Waals surface area contributed by atoms with E-state index in [0.29, 0.717) is 5.56 Å². The van der Waals surface area contributed by atoms with Crippen LogP contribution in [0.4, 0.5) is 0 Å². The minimum absolute atomic E-state index is 0.195. The van der Waals surface area contributed by atoms with E-state index in [-0.39, 0.29) is 5.75 Å². The Labute approximate surface area is 146 Å². The van der Waals surface area contributed by atoms with Crippen LogP contribution in [0.25, 0.3) is 10.8 Å². The van der Waals surface area contributed by atoms with Crippen LogP contribution >= 0.6 is 27.7 Å². The molecule has 23 heavy (non-hydrogen) atoms. The van der Waals surface area contributed by atoms with Gasteiger partial charge in [0, 0.05) is 16.5 Å². The molecule has 5 nitrogen and oxygen atoms in total. The number of aromatic hydroxyl groups is 1. The van der Waals surface area contributed by atoms with Gasteiger partial charge < -0.3 is 5.11 Å². The average Bonchev–Trinajstić information content (AvgIpc) is 2.96. The fourth-order valence-corrected chi connectivity index (χ4v) is 3.15. The first-order chi connectivity index (χ1) is 11.1. The van der Waals surface area contributed by atoms with Gasteiger partial charge in [0.1, 0.15) is 5.75 Å². The van der Waals surface area contributed by atoms with Crippen molar-refractivity contribution in [3.63, 3.8) is 0 Å². The lowest BCUT2D eigenvalue weighted by Gasteiger charge is -2.06. The van der Waals surface area contributed by atoms with E-state index < -0.39 is 0 Å². The molecule has 0 aliphatic carbocycles. The fraction of sp³-hybridized carbons (Fsp3) is 0.188. The van der Waals surface area contributed by atoms with Gasteiger partial charge in [0.15, 0.2) is 5.82 Å². The van der Waals surface area contributed by atoms with Crippen LogP contribution in [0.3, 0.4) is 0 Å². The third kappa shape index (κ3) is 3.11. The van der Waals surface area contributed by atoms with Gasteiger partial charge in [0.2, 0.25) is 5.16 Å². The summed E-state index contributed by atoms with van der Waals surface area (Å²) < 4.78 is 2.71. The molecule has 118 valence electrons. The van der Waals surface area contributed by atoms with Crippen molar-refractivity contribution in [2.24, 2.45) is 5.10 Å². The van der Waals surface area contributed by atoms with Crippen molar-refractivity contribution >= 4 is 44.7 Å². The number of thioether (sulfide) groups is 1. The number of phenolic OH excluding ortho intramolecular Hbond substituents is 1. The molecule has 0 bridgehead atoms. The Morgan fingerprint density at radius 3 is 2.87 bits per heavy atom. The van der Waals surface area contributed by atoms with E-state index in [1.165, 1.54) is 11.8 Å². The molecule has 0 radical (unpaired) electrons. The van der Waals surface area contributed by atoms with Crippen LogP contribution in [0.2, 0.25) is 0 Å². The second kappa shape index (κ2) is 6.72. The van der Waals surface area contributed by atoms with Crippen LogP contribution in [0.15, 0.2) is 45.1 Å². The number of phenols is 1. The monoisotopic (exact) mass is 390 g/mol. The minimum Gasteiger partial charge on any atom is -0.507 e. The lowest BCUT2D eigenvalue weighted by atomic mass is 10.0. The molecule has 0 aliphatic heterocycles. The maximum atomic E-state index is 10.2. The first-order valence-corrected chi connectivity index (χ1v) is 9.09. The molecule has 3 rings (SSSR count). The van der Waals surface area contributed by atoms with Gasteiger partial charge in [-0.05, 0) is 35.2 Å². The zero-order valence-corrected chi connectivity index (χ0v) is 15.1. The number of hydrogen-bond donors (Lipinski definition) is 1. The topological polar surface area (TPSA) is 63.3 Å². The smallest absolute Gasteiger partial charge is 0.211 e. The quantitative estimate of drug-likeness (QED) is 0.538. The Kier molecular flexibility index (Phi) is 4.68. The van der Waals surface area contributed by atoms with Gasteiger partial charge in [-0.25, -0.2) is 0 Å². The Balaban J connectivity index is 2.11. The normalized spacial score (nSPS) is 11.6. The van der Waals surface area contributed by atoms with E-state index in [4.69, 9.17) is 0 Å². The van der Waals surface area contributed by atoms with Crippen molar-refractivity contribution in [2.45, 2.75) is 18.5 Å². The van der Waals surface area contributed by atoms with Crippen molar-refractivity contribution in [3.8, 4) is 5.75 Å². The van der Waals surface area contributed by atoms with Gasteiger partial charge in [-0.3, -0.25) is 0 Å². The summed E-state index contributed by atoms with van der Waals surface area (Å²) in [5.41, 5.74) is 0.679. The maximum Gasteiger partial charge on any atom is 0.211 e. The van der Waals surface area contributed by atoms with E-state index in [9.17, 15) is 5.11 Å². The Morgan fingerprint density at radius 2 is 2.13 bits per heavy atom. The average molecular weight is 391 g/mol.